The fourth-order valence-corrected chi connectivity index (χ4v) is 1.62. The van der Waals surface area contributed by atoms with Crippen LogP contribution in [0.5, 0.6) is 0 Å². The summed E-state index contributed by atoms with van der Waals surface area (Å²) in [5, 5.41) is 11.2. The molecule has 0 bridgehead atoms. The molecular weight excluding hydrogens is 352 g/mol. The van der Waals surface area contributed by atoms with E-state index < -0.39 is 0 Å². The van der Waals surface area contributed by atoms with Crippen molar-refractivity contribution in [3.05, 3.63) is 59.9 Å². The molecule has 1 N–H and O–H groups in total. The first kappa shape index (κ1) is 14.6. The van der Waals surface area contributed by atoms with Gasteiger partial charge in [-0.1, -0.05) is 36.4 Å². The fraction of sp³-hybridized carbons (Fsp3) is 0.0714. The van der Waals surface area contributed by atoms with Gasteiger partial charge in [0.25, 0.3) is 0 Å². The number of allylic oxidation sites excluding steroid dienone is 2. The molecule has 87 valence electrons. The second-order valence-electron chi connectivity index (χ2n) is 3.71. The van der Waals surface area contributed by atoms with E-state index in [0.29, 0.717) is 5.56 Å². The van der Waals surface area contributed by atoms with Crippen molar-refractivity contribution in [2.75, 3.05) is 0 Å². The smallest absolute Gasteiger partial charge is 0.189 e. The zero-order valence-electron chi connectivity index (χ0n) is 9.35. The third-order valence-electron chi connectivity index (χ3n) is 2.37. The number of aliphatic hydroxyl groups is 1. The molecule has 0 heterocycles. The number of rotatable bonds is 2. The quantitative estimate of drug-likeness (QED) is 0.503. The van der Waals surface area contributed by atoms with Gasteiger partial charge in [0.05, 0.1) is 5.76 Å². The first-order chi connectivity index (χ1) is 7.66. The van der Waals surface area contributed by atoms with Crippen molar-refractivity contribution >= 4 is 16.6 Å². The van der Waals surface area contributed by atoms with E-state index in [1.165, 1.54) is 13.0 Å². The average Bonchev–Trinajstić information content (AvgIpc) is 2.27. The van der Waals surface area contributed by atoms with Gasteiger partial charge in [0.2, 0.25) is 0 Å². The Balaban J connectivity index is 0.00000144. The van der Waals surface area contributed by atoms with Crippen LogP contribution in [0.15, 0.2) is 54.3 Å². The van der Waals surface area contributed by atoms with E-state index in [1.807, 2.05) is 36.4 Å². The van der Waals surface area contributed by atoms with Gasteiger partial charge in [-0.2, -0.15) is 0 Å². The van der Waals surface area contributed by atoms with Crippen molar-refractivity contribution < 1.29 is 59.3 Å². The van der Waals surface area contributed by atoms with Crippen LogP contribution in [0.1, 0.15) is 17.3 Å². The van der Waals surface area contributed by atoms with Gasteiger partial charge in [-0.05, 0) is 23.8 Å². The monoisotopic (exact) mass is 365 g/mol. The maximum Gasteiger partial charge on any atom is 0.189 e. The normalized spacial score (nSPS) is 11.0. The topological polar surface area (TPSA) is 37.3 Å². The van der Waals surface area contributed by atoms with E-state index in [4.69, 9.17) is 5.11 Å². The molecule has 2 nitrogen and oxygen atoms in total. The molecular formula is C14H12EuO2. The first-order valence-electron chi connectivity index (χ1n) is 5.07. The van der Waals surface area contributed by atoms with E-state index >= 15 is 0 Å². The van der Waals surface area contributed by atoms with Gasteiger partial charge in [-0.3, -0.25) is 4.79 Å². The van der Waals surface area contributed by atoms with Gasteiger partial charge in [-0.15, -0.1) is 0 Å². The van der Waals surface area contributed by atoms with Gasteiger partial charge in [-0.25, -0.2) is 0 Å². The minimum Gasteiger partial charge on any atom is -0.512 e. The third kappa shape index (κ3) is 3.73. The van der Waals surface area contributed by atoms with Gasteiger partial charge >= 0.3 is 0 Å². The summed E-state index contributed by atoms with van der Waals surface area (Å²) in [6, 6.07) is 13.4. The van der Waals surface area contributed by atoms with Crippen LogP contribution in [0.3, 0.4) is 0 Å². The number of carbonyl (C=O) groups excluding carboxylic acids is 1. The summed E-state index contributed by atoms with van der Waals surface area (Å²) in [5.41, 5.74) is 0.590. The number of hydrogen-bond acceptors (Lipinski definition) is 2. The summed E-state index contributed by atoms with van der Waals surface area (Å²) in [7, 11) is 0. The molecule has 0 aliphatic heterocycles. The molecule has 0 unspecified atom stereocenters. The molecule has 3 heteroatoms. The van der Waals surface area contributed by atoms with Crippen molar-refractivity contribution in [1.29, 1.82) is 0 Å². The summed E-state index contributed by atoms with van der Waals surface area (Å²) >= 11 is 0. The molecule has 0 aliphatic carbocycles. The molecule has 1 radical (unpaired) electrons. The van der Waals surface area contributed by atoms with Crippen LogP contribution < -0.4 is 0 Å². The molecule has 0 amide bonds. The van der Waals surface area contributed by atoms with Gasteiger partial charge in [0, 0.05) is 61.0 Å². The SMILES string of the molecule is C/C(O)=C/C(=O)c1ccc2ccccc2c1.[Eu]. The van der Waals surface area contributed by atoms with Gasteiger partial charge < -0.3 is 5.11 Å². The number of hydrogen-bond donors (Lipinski definition) is 1. The Kier molecular flexibility index (Phi) is 5.51. The average molecular weight is 364 g/mol. The maximum absolute atomic E-state index is 11.7. The summed E-state index contributed by atoms with van der Waals surface area (Å²) in [6.45, 7) is 1.49. The van der Waals surface area contributed by atoms with Crippen LogP contribution in [0.25, 0.3) is 10.8 Å². The predicted molar refractivity (Wildman–Crippen MR) is 64.7 cm³/mol. The second kappa shape index (κ2) is 6.43. The molecule has 0 saturated heterocycles. The minimum absolute atomic E-state index is 0. The van der Waals surface area contributed by atoms with E-state index in [2.05, 4.69) is 0 Å². The summed E-state index contributed by atoms with van der Waals surface area (Å²) in [5.74, 6) is -0.149. The summed E-state index contributed by atoms with van der Waals surface area (Å²) in [4.78, 5) is 11.7. The minimum atomic E-state index is -0.175. The molecule has 0 spiro atoms. The maximum atomic E-state index is 11.7. The molecule has 0 fully saturated rings. The first-order valence-corrected chi connectivity index (χ1v) is 5.07. The van der Waals surface area contributed by atoms with Gasteiger partial charge in [0.15, 0.2) is 5.78 Å². The van der Waals surface area contributed by atoms with Crippen LogP contribution in [0.4, 0.5) is 0 Å². The van der Waals surface area contributed by atoms with Crippen molar-refractivity contribution in [3.63, 3.8) is 0 Å². The Morgan fingerprint density at radius 1 is 1.12 bits per heavy atom. The van der Waals surface area contributed by atoms with Crippen molar-refractivity contribution in [1.82, 2.24) is 0 Å². The Morgan fingerprint density at radius 3 is 2.41 bits per heavy atom. The molecule has 0 aliphatic rings. The van der Waals surface area contributed by atoms with Crippen LogP contribution >= 0.6 is 0 Å². The third-order valence-corrected chi connectivity index (χ3v) is 2.37. The molecule has 2 rings (SSSR count). The number of aliphatic hydroxyl groups excluding tert-OH is 1. The van der Waals surface area contributed by atoms with E-state index in [9.17, 15) is 4.79 Å². The zero-order chi connectivity index (χ0) is 11.5. The number of carbonyl (C=O) groups is 1. The molecule has 2 aromatic rings. The predicted octanol–water partition coefficient (Wildman–Crippen LogP) is 3.48. The second-order valence-corrected chi connectivity index (χ2v) is 3.71. The standard InChI is InChI=1S/C14H12O2.Eu/c1-10(15)8-14(16)13-7-6-11-4-2-3-5-12(11)9-13;/h2-9,15H,1H3;/b10-8-;. The van der Waals surface area contributed by atoms with E-state index in [0.717, 1.165) is 10.8 Å². The zero-order valence-corrected chi connectivity index (χ0v) is 11.8. The Hall–Kier alpha value is -0.506. The van der Waals surface area contributed by atoms with Crippen LogP contribution in [0, 0.1) is 49.4 Å². The Labute approximate surface area is 141 Å². The molecule has 2 aromatic carbocycles. The van der Waals surface area contributed by atoms with Crippen LogP contribution in [-0.2, 0) is 0 Å². The number of benzene rings is 2. The van der Waals surface area contributed by atoms with Crippen LogP contribution in [0.2, 0.25) is 0 Å². The summed E-state index contributed by atoms with van der Waals surface area (Å²) < 4.78 is 0. The van der Waals surface area contributed by atoms with E-state index in [-0.39, 0.29) is 60.9 Å². The molecule has 0 aromatic heterocycles. The Bertz CT molecular complexity index is 569. The van der Waals surface area contributed by atoms with Crippen molar-refractivity contribution in [2.24, 2.45) is 0 Å². The number of fused-ring (bicyclic) bond motifs is 1. The van der Waals surface area contributed by atoms with Crippen molar-refractivity contribution in [2.45, 2.75) is 6.92 Å². The van der Waals surface area contributed by atoms with Crippen molar-refractivity contribution in [3.8, 4) is 0 Å². The van der Waals surface area contributed by atoms with Crippen LogP contribution in [-0.4, -0.2) is 10.9 Å². The fourth-order valence-electron chi connectivity index (χ4n) is 1.62. The number of ketones is 1. The van der Waals surface area contributed by atoms with E-state index in [1.54, 1.807) is 6.07 Å². The summed E-state index contributed by atoms with van der Waals surface area (Å²) in [6.07, 6.45) is 1.23. The molecule has 17 heavy (non-hydrogen) atoms. The van der Waals surface area contributed by atoms with Gasteiger partial charge in [0.1, 0.15) is 0 Å². The largest absolute Gasteiger partial charge is 0.512 e. The molecule has 0 saturated carbocycles. The molecule has 0 atom stereocenters. The Morgan fingerprint density at radius 2 is 1.76 bits per heavy atom.